The number of carbonyl (C=O) groups excluding carboxylic acids is 1. The van der Waals surface area contributed by atoms with Crippen molar-refractivity contribution in [1.29, 1.82) is 0 Å². The van der Waals surface area contributed by atoms with Crippen LogP contribution in [0.2, 0.25) is 0 Å². The number of morpholine rings is 1. The van der Waals surface area contributed by atoms with E-state index in [-0.39, 0.29) is 6.61 Å². The number of hydrogen-bond donors (Lipinski definition) is 1. The van der Waals surface area contributed by atoms with Crippen molar-refractivity contribution < 1.29 is 40.7 Å². The predicted molar refractivity (Wildman–Crippen MR) is 106 cm³/mol. The third kappa shape index (κ3) is 5.39. The first-order valence-corrected chi connectivity index (χ1v) is 9.82. The molecule has 0 radical (unpaired) electrons. The molecule has 3 heterocycles. The Morgan fingerprint density at radius 3 is 2.44 bits per heavy atom. The number of nitrogens with zero attached hydrogens (tertiary/aromatic N) is 4. The highest BCUT2D eigenvalue weighted by Gasteiger charge is 2.38. The van der Waals surface area contributed by atoms with Gasteiger partial charge in [-0.2, -0.15) is 18.2 Å². The molecule has 2 aromatic heterocycles. The molecule has 4 rings (SSSR count). The van der Waals surface area contributed by atoms with Crippen LogP contribution >= 0.6 is 0 Å². The normalized spacial score (nSPS) is 14.2. The Kier molecular flexibility index (Phi) is 6.58. The van der Waals surface area contributed by atoms with Gasteiger partial charge in [-0.3, -0.25) is 5.32 Å². The summed E-state index contributed by atoms with van der Waals surface area (Å²) in [6.07, 6.45) is -4.55. The number of benzene rings is 1. The molecule has 0 aliphatic carbocycles. The number of carbonyl (C=O) groups is 1. The number of amides is 1. The Morgan fingerprint density at radius 2 is 1.85 bits per heavy atom. The van der Waals surface area contributed by atoms with Gasteiger partial charge in [-0.15, -0.1) is 0 Å². The van der Waals surface area contributed by atoms with E-state index in [0.717, 1.165) is 5.82 Å². The molecule has 1 amide bonds. The fourth-order valence-electron chi connectivity index (χ4n) is 3.05. The first-order chi connectivity index (χ1) is 16.2. The minimum atomic E-state index is -4.91. The number of aromatic nitrogens is 3. The summed E-state index contributed by atoms with van der Waals surface area (Å²) >= 11 is 0. The average molecular weight is 485 g/mol. The Hall–Kier alpha value is -3.81. The van der Waals surface area contributed by atoms with Gasteiger partial charge >= 0.3 is 18.2 Å². The number of hydrogen-bond acceptors (Lipinski definition) is 8. The molecule has 1 fully saturated rings. The molecule has 1 aliphatic heterocycles. The molecule has 3 aromatic rings. The Morgan fingerprint density at radius 1 is 1.15 bits per heavy atom. The maximum atomic E-state index is 14.3. The minimum absolute atomic E-state index is 0.216. The molecule has 9 nitrogen and oxygen atoms in total. The number of anilines is 2. The van der Waals surface area contributed by atoms with Gasteiger partial charge in [0.15, 0.2) is 11.6 Å². The molecule has 1 saturated heterocycles. The van der Waals surface area contributed by atoms with Crippen molar-refractivity contribution in [3.05, 3.63) is 53.6 Å². The zero-order chi connectivity index (χ0) is 24.3. The summed E-state index contributed by atoms with van der Waals surface area (Å²) in [5.41, 5.74) is -0.727. The zero-order valence-electron chi connectivity index (χ0n) is 17.2. The lowest BCUT2D eigenvalue weighted by Gasteiger charge is -2.27. The third-order valence-electron chi connectivity index (χ3n) is 4.71. The molecule has 1 N–H and O–H groups in total. The second kappa shape index (κ2) is 9.59. The van der Waals surface area contributed by atoms with Gasteiger partial charge in [0, 0.05) is 30.4 Å². The lowest BCUT2D eigenvalue weighted by molar-refractivity contribution is -0.159. The number of ether oxygens (including phenoxy) is 2. The van der Waals surface area contributed by atoms with Crippen molar-refractivity contribution in [2.75, 3.05) is 36.5 Å². The standard InChI is InChI=1S/C20H16F5N5O4/c21-13-7-12(17-28-18(34-29-17)20(23,24)25)8-14(22)16(13)27-19(31)33-10-11-1-2-15(26-9-11)30-3-5-32-6-4-30/h1-2,7-9H,3-6,10H2,(H,27,31). The van der Waals surface area contributed by atoms with Crippen molar-refractivity contribution in [3.63, 3.8) is 0 Å². The Labute approximate surface area is 188 Å². The van der Waals surface area contributed by atoms with Gasteiger partial charge in [-0.05, 0) is 18.2 Å². The highest BCUT2D eigenvalue weighted by Crippen LogP contribution is 2.31. The summed E-state index contributed by atoms with van der Waals surface area (Å²) in [5.74, 6) is -4.15. The average Bonchev–Trinajstić information content (AvgIpc) is 3.32. The first-order valence-electron chi connectivity index (χ1n) is 9.82. The molecule has 0 saturated carbocycles. The summed E-state index contributed by atoms with van der Waals surface area (Å²) in [7, 11) is 0. The van der Waals surface area contributed by atoms with Crippen molar-refractivity contribution >= 4 is 17.6 Å². The summed E-state index contributed by atoms with van der Waals surface area (Å²) in [6, 6.07) is 4.75. The smallest absolute Gasteiger partial charge is 0.444 e. The molecule has 0 bridgehead atoms. The van der Waals surface area contributed by atoms with Crippen molar-refractivity contribution in [1.82, 2.24) is 15.1 Å². The van der Waals surface area contributed by atoms with Crippen molar-refractivity contribution in [2.24, 2.45) is 0 Å². The molecule has 1 aromatic carbocycles. The number of halogens is 5. The van der Waals surface area contributed by atoms with Crippen LogP contribution in [0.1, 0.15) is 11.5 Å². The van der Waals surface area contributed by atoms with E-state index in [1.165, 1.54) is 6.20 Å². The van der Waals surface area contributed by atoms with Crippen LogP contribution in [0.4, 0.5) is 38.3 Å². The van der Waals surface area contributed by atoms with Crippen LogP contribution in [-0.4, -0.2) is 47.5 Å². The highest BCUT2D eigenvalue weighted by molar-refractivity contribution is 5.85. The largest absolute Gasteiger partial charge is 0.471 e. The van der Waals surface area contributed by atoms with E-state index in [2.05, 4.69) is 19.6 Å². The highest BCUT2D eigenvalue weighted by atomic mass is 19.4. The predicted octanol–water partition coefficient (Wildman–Crippen LogP) is 4.01. The van der Waals surface area contributed by atoms with Crippen LogP contribution in [0.25, 0.3) is 11.4 Å². The lowest BCUT2D eigenvalue weighted by atomic mass is 10.1. The summed E-state index contributed by atoms with van der Waals surface area (Å²) in [5, 5.41) is 4.98. The van der Waals surface area contributed by atoms with E-state index < -0.39 is 46.9 Å². The third-order valence-corrected chi connectivity index (χ3v) is 4.71. The molecule has 1 aliphatic rings. The van der Waals surface area contributed by atoms with E-state index in [1.54, 1.807) is 12.1 Å². The molecule has 0 atom stereocenters. The summed E-state index contributed by atoms with van der Waals surface area (Å²) < 4.78 is 80.7. The van der Waals surface area contributed by atoms with Crippen LogP contribution in [0.15, 0.2) is 35.0 Å². The topological polar surface area (TPSA) is 103 Å². The molecule has 0 spiro atoms. The molecule has 34 heavy (non-hydrogen) atoms. The molecule has 0 unspecified atom stereocenters. The van der Waals surface area contributed by atoms with Crippen LogP contribution in [0, 0.1) is 11.6 Å². The first kappa shape index (κ1) is 23.4. The van der Waals surface area contributed by atoms with Crippen LogP contribution in [0.3, 0.4) is 0 Å². The molecular formula is C20H16F5N5O4. The SMILES string of the molecule is O=C(Nc1c(F)cc(-c2noc(C(F)(F)F)n2)cc1F)OCc1ccc(N2CCOCC2)nc1. The lowest BCUT2D eigenvalue weighted by Crippen LogP contribution is -2.36. The van der Waals surface area contributed by atoms with Crippen LogP contribution in [-0.2, 0) is 22.3 Å². The van der Waals surface area contributed by atoms with Crippen molar-refractivity contribution in [2.45, 2.75) is 12.8 Å². The summed E-state index contributed by atoms with van der Waals surface area (Å²) in [6.45, 7) is 2.40. The Balaban J connectivity index is 1.37. The second-order valence-electron chi connectivity index (χ2n) is 7.06. The van der Waals surface area contributed by atoms with Gasteiger partial charge in [-0.1, -0.05) is 11.2 Å². The minimum Gasteiger partial charge on any atom is -0.444 e. The summed E-state index contributed by atoms with van der Waals surface area (Å²) in [4.78, 5) is 21.4. The van der Waals surface area contributed by atoms with Gasteiger partial charge < -0.3 is 18.9 Å². The molecule has 180 valence electrons. The Bertz CT molecular complexity index is 1140. The van der Waals surface area contributed by atoms with Crippen LogP contribution in [0.5, 0.6) is 0 Å². The van der Waals surface area contributed by atoms with Crippen LogP contribution < -0.4 is 10.2 Å². The zero-order valence-corrected chi connectivity index (χ0v) is 17.2. The fourth-order valence-corrected chi connectivity index (χ4v) is 3.05. The van der Waals surface area contributed by atoms with E-state index in [9.17, 15) is 26.7 Å². The van der Waals surface area contributed by atoms with E-state index in [0.29, 0.717) is 44.0 Å². The van der Waals surface area contributed by atoms with Gasteiger partial charge in [0.05, 0.1) is 13.2 Å². The monoisotopic (exact) mass is 485 g/mol. The maximum Gasteiger partial charge on any atom is 0.471 e. The number of alkyl halides is 3. The van der Waals surface area contributed by atoms with Gasteiger partial charge in [0.2, 0.25) is 5.82 Å². The van der Waals surface area contributed by atoms with Gasteiger partial charge in [-0.25, -0.2) is 18.6 Å². The molecule has 14 heteroatoms. The van der Waals surface area contributed by atoms with Crippen molar-refractivity contribution in [3.8, 4) is 11.4 Å². The van der Waals surface area contributed by atoms with Gasteiger partial charge in [0.1, 0.15) is 18.1 Å². The van der Waals surface area contributed by atoms with E-state index in [4.69, 9.17) is 9.47 Å². The van der Waals surface area contributed by atoms with E-state index >= 15 is 0 Å². The molecular weight excluding hydrogens is 469 g/mol. The fraction of sp³-hybridized carbons (Fsp3) is 0.300. The van der Waals surface area contributed by atoms with E-state index in [1.807, 2.05) is 10.2 Å². The number of nitrogens with one attached hydrogen (secondary N) is 1. The van der Waals surface area contributed by atoms with Gasteiger partial charge in [0.25, 0.3) is 0 Å². The number of rotatable bonds is 5. The second-order valence-corrected chi connectivity index (χ2v) is 7.06. The number of pyridine rings is 1. The maximum absolute atomic E-state index is 14.3. The quantitative estimate of drug-likeness (QED) is 0.541.